The Labute approximate surface area is 110 Å². The van der Waals surface area contributed by atoms with Crippen LogP contribution in [0, 0.1) is 0 Å². The van der Waals surface area contributed by atoms with E-state index in [1.165, 1.54) is 6.08 Å². The largest absolute Gasteiger partial charge is 0.491 e. The summed E-state index contributed by atoms with van der Waals surface area (Å²) in [4.78, 5) is 0. The summed E-state index contributed by atoms with van der Waals surface area (Å²) < 4.78 is 42.0. The Morgan fingerprint density at radius 1 is 1.21 bits per heavy atom. The number of alkyl halides is 3. The SMILES string of the molecule is C=C(/C=C(N)\C=C(/N)C(F)(F)F)OC1CCNCC1. The molecule has 1 aliphatic rings. The van der Waals surface area contributed by atoms with Crippen LogP contribution in [0.1, 0.15) is 12.8 Å². The Kier molecular flexibility index (Phi) is 5.29. The molecule has 0 amide bonds. The van der Waals surface area contributed by atoms with Gasteiger partial charge in [-0.1, -0.05) is 6.58 Å². The van der Waals surface area contributed by atoms with Crippen molar-refractivity contribution in [1.29, 1.82) is 0 Å². The topological polar surface area (TPSA) is 73.3 Å². The maximum Gasteiger partial charge on any atom is 0.430 e. The van der Waals surface area contributed by atoms with Crippen LogP contribution in [0.5, 0.6) is 0 Å². The van der Waals surface area contributed by atoms with Crippen LogP contribution in [0.3, 0.4) is 0 Å². The second kappa shape index (κ2) is 6.51. The van der Waals surface area contributed by atoms with Gasteiger partial charge in [-0.3, -0.25) is 0 Å². The zero-order valence-electron chi connectivity index (χ0n) is 10.5. The first-order valence-electron chi connectivity index (χ1n) is 5.87. The van der Waals surface area contributed by atoms with E-state index in [9.17, 15) is 13.2 Å². The molecular weight excluding hydrogens is 259 g/mol. The van der Waals surface area contributed by atoms with Gasteiger partial charge in [0, 0.05) is 11.8 Å². The summed E-state index contributed by atoms with van der Waals surface area (Å²) >= 11 is 0. The van der Waals surface area contributed by atoms with Crippen LogP contribution < -0.4 is 16.8 Å². The molecule has 1 rings (SSSR count). The second-order valence-electron chi connectivity index (χ2n) is 4.28. The molecule has 0 bridgehead atoms. The molecule has 0 atom stereocenters. The number of nitrogens with two attached hydrogens (primary N) is 2. The highest BCUT2D eigenvalue weighted by molar-refractivity contribution is 5.27. The number of halogens is 3. The molecule has 4 nitrogen and oxygen atoms in total. The fraction of sp³-hybridized carbons (Fsp3) is 0.500. The summed E-state index contributed by atoms with van der Waals surface area (Å²) in [6.45, 7) is 5.30. The number of ether oxygens (including phenoxy) is 1. The van der Waals surface area contributed by atoms with Crippen molar-refractivity contribution >= 4 is 0 Å². The summed E-state index contributed by atoms with van der Waals surface area (Å²) in [6.07, 6.45) is -1.03. The van der Waals surface area contributed by atoms with E-state index in [-0.39, 0.29) is 17.6 Å². The van der Waals surface area contributed by atoms with Gasteiger partial charge in [-0.15, -0.1) is 0 Å². The molecule has 7 heteroatoms. The van der Waals surface area contributed by atoms with Crippen molar-refractivity contribution in [2.75, 3.05) is 13.1 Å². The molecule has 0 radical (unpaired) electrons. The fourth-order valence-corrected chi connectivity index (χ4v) is 1.65. The summed E-state index contributed by atoms with van der Waals surface area (Å²) in [5.41, 5.74) is 8.88. The van der Waals surface area contributed by atoms with E-state index in [2.05, 4.69) is 11.9 Å². The molecule has 108 valence electrons. The standard InChI is InChI=1S/C12H18F3N3O/c1-8(19-10-2-4-18-5-3-10)6-9(16)7-11(17)12(13,14)15/h6-7,10,18H,1-5,16-17H2/b9-6+,11-7-. The molecule has 1 heterocycles. The predicted octanol–water partition coefficient (Wildman–Crippen LogP) is 1.52. The van der Waals surface area contributed by atoms with Gasteiger partial charge in [0.15, 0.2) is 0 Å². The van der Waals surface area contributed by atoms with E-state index in [4.69, 9.17) is 16.2 Å². The van der Waals surface area contributed by atoms with E-state index in [1.807, 2.05) is 0 Å². The van der Waals surface area contributed by atoms with Crippen LogP contribution in [0.15, 0.2) is 35.9 Å². The molecule has 19 heavy (non-hydrogen) atoms. The van der Waals surface area contributed by atoms with Gasteiger partial charge >= 0.3 is 6.18 Å². The summed E-state index contributed by atoms with van der Waals surface area (Å²) in [5, 5.41) is 3.17. The van der Waals surface area contributed by atoms with Crippen molar-refractivity contribution in [1.82, 2.24) is 5.32 Å². The smallest absolute Gasteiger partial charge is 0.430 e. The number of hydrogen-bond donors (Lipinski definition) is 3. The molecule has 0 saturated carbocycles. The molecule has 5 N–H and O–H groups in total. The third-order valence-electron chi connectivity index (χ3n) is 2.58. The Balaban J connectivity index is 2.55. The van der Waals surface area contributed by atoms with Crippen molar-refractivity contribution in [3.05, 3.63) is 35.9 Å². The summed E-state index contributed by atoms with van der Waals surface area (Å²) in [6, 6.07) is 0. The highest BCUT2D eigenvalue weighted by Crippen LogP contribution is 2.22. The van der Waals surface area contributed by atoms with E-state index < -0.39 is 11.9 Å². The monoisotopic (exact) mass is 277 g/mol. The predicted molar refractivity (Wildman–Crippen MR) is 66.7 cm³/mol. The molecule has 1 saturated heterocycles. The number of allylic oxidation sites excluding steroid dienone is 3. The van der Waals surface area contributed by atoms with E-state index in [1.54, 1.807) is 0 Å². The first-order chi connectivity index (χ1) is 8.79. The van der Waals surface area contributed by atoms with Gasteiger partial charge in [0.1, 0.15) is 17.6 Å². The maximum atomic E-state index is 12.2. The quantitative estimate of drug-likeness (QED) is 0.538. The van der Waals surface area contributed by atoms with Crippen LogP contribution in [-0.2, 0) is 4.74 Å². The van der Waals surface area contributed by atoms with E-state index >= 15 is 0 Å². The zero-order chi connectivity index (χ0) is 14.5. The lowest BCUT2D eigenvalue weighted by Gasteiger charge is -2.23. The molecular formula is C12H18F3N3O. The molecule has 0 aliphatic carbocycles. The van der Waals surface area contributed by atoms with E-state index in [0.29, 0.717) is 6.08 Å². The average Bonchev–Trinajstić information content (AvgIpc) is 2.28. The average molecular weight is 277 g/mol. The molecule has 0 aromatic heterocycles. The van der Waals surface area contributed by atoms with Crippen molar-refractivity contribution < 1.29 is 17.9 Å². The highest BCUT2D eigenvalue weighted by atomic mass is 19.4. The van der Waals surface area contributed by atoms with Crippen LogP contribution in [0.25, 0.3) is 0 Å². The number of hydrogen-bond acceptors (Lipinski definition) is 4. The summed E-state index contributed by atoms with van der Waals surface area (Å²) in [7, 11) is 0. The Morgan fingerprint density at radius 2 is 1.79 bits per heavy atom. The molecule has 1 aliphatic heterocycles. The Morgan fingerprint density at radius 3 is 2.32 bits per heavy atom. The Hall–Kier alpha value is -1.63. The second-order valence-corrected chi connectivity index (χ2v) is 4.28. The molecule has 1 fully saturated rings. The molecule has 0 aromatic rings. The van der Waals surface area contributed by atoms with Crippen LogP contribution in [0.2, 0.25) is 0 Å². The minimum absolute atomic E-state index is 0.0155. The van der Waals surface area contributed by atoms with Gasteiger partial charge < -0.3 is 21.5 Å². The Bertz CT molecular complexity index is 382. The number of rotatable bonds is 4. The lowest BCUT2D eigenvalue weighted by atomic mass is 10.1. The lowest BCUT2D eigenvalue weighted by Crippen LogP contribution is -2.32. The minimum atomic E-state index is -4.59. The minimum Gasteiger partial charge on any atom is -0.491 e. The maximum absolute atomic E-state index is 12.2. The van der Waals surface area contributed by atoms with Gasteiger partial charge in [0.05, 0.1) is 0 Å². The van der Waals surface area contributed by atoms with Crippen molar-refractivity contribution in [3.63, 3.8) is 0 Å². The van der Waals surface area contributed by atoms with Crippen molar-refractivity contribution in [3.8, 4) is 0 Å². The van der Waals surface area contributed by atoms with Crippen LogP contribution in [-0.4, -0.2) is 25.4 Å². The van der Waals surface area contributed by atoms with Gasteiger partial charge in [-0.25, -0.2) is 0 Å². The van der Waals surface area contributed by atoms with Gasteiger partial charge in [-0.2, -0.15) is 13.2 Å². The fourth-order valence-electron chi connectivity index (χ4n) is 1.65. The van der Waals surface area contributed by atoms with Crippen molar-refractivity contribution in [2.24, 2.45) is 11.5 Å². The van der Waals surface area contributed by atoms with Crippen LogP contribution in [0.4, 0.5) is 13.2 Å². The molecule has 0 aromatic carbocycles. The molecule has 0 unspecified atom stereocenters. The van der Waals surface area contributed by atoms with Crippen molar-refractivity contribution in [2.45, 2.75) is 25.1 Å². The first kappa shape index (κ1) is 15.4. The number of nitrogens with one attached hydrogen (secondary N) is 1. The van der Waals surface area contributed by atoms with E-state index in [0.717, 1.165) is 25.9 Å². The lowest BCUT2D eigenvalue weighted by molar-refractivity contribution is -0.0927. The zero-order valence-corrected chi connectivity index (χ0v) is 10.5. The van der Waals surface area contributed by atoms with Gasteiger partial charge in [0.2, 0.25) is 0 Å². The highest BCUT2D eigenvalue weighted by Gasteiger charge is 2.31. The third kappa shape index (κ3) is 5.69. The first-order valence-corrected chi connectivity index (χ1v) is 5.87. The number of piperidine rings is 1. The summed E-state index contributed by atoms with van der Waals surface area (Å²) in [5.74, 6) is 0.232. The normalized spacial score (nSPS) is 19.3. The van der Waals surface area contributed by atoms with Gasteiger partial charge in [0.25, 0.3) is 0 Å². The third-order valence-corrected chi connectivity index (χ3v) is 2.58. The van der Waals surface area contributed by atoms with Gasteiger partial charge in [-0.05, 0) is 32.0 Å². The molecule has 0 spiro atoms. The van der Waals surface area contributed by atoms with Crippen LogP contribution >= 0.6 is 0 Å².